The van der Waals surface area contributed by atoms with Gasteiger partial charge in [-0.25, -0.2) is 13.2 Å². The number of hydrogen-bond acceptors (Lipinski definition) is 2. The molecule has 1 saturated heterocycles. The molecule has 19 heavy (non-hydrogen) atoms. The van der Waals surface area contributed by atoms with E-state index < -0.39 is 17.5 Å². The number of likely N-dealkylation sites (tertiary alicyclic amines) is 1. The smallest absolute Gasteiger partial charge is 0.161 e. The van der Waals surface area contributed by atoms with Crippen molar-refractivity contribution < 1.29 is 18.3 Å². The molecule has 0 aliphatic carbocycles. The molecular formula is C14H18F3NO. The fourth-order valence-electron chi connectivity index (χ4n) is 2.66. The van der Waals surface area contributed by atoms with Gasteiger partial charge in [-0.1, -0.05) is 0 Å². The molecule has 1 aliphatic heterocycles. The van der Waals surface area contributed by atoms with Crippen LogP contribution in [0.3, 0.4) is 0 Å². The second-order valence-electron chi connectivity index (χ2n) is 4.99. The molecule has 0 aromatic heterocycles. The summed E-state index contributed by atoms with van der Waals surface area (Å²) in [6, 6.07) is 1.83. The van der Waals surface area contributed by atoms with Crippen molar-refractivity contribution in [3.8, 4) is 0 Å². The fourth-order valence-corrected chi connectivity index (χ4v) is 2.66. The maximum atomic E-state index is 13.6. The lowest BCUT2D eigenvalue weighted by Gasteiger charge is -2.24. The van der Waals surface area contributed by atoms with Crippen LogP contribution < -0.4 is 0 Å². The number of benzene rings is 1. The molecule has 1 unspecified atom stereocenters. The molecule has 0 saturated carbocycles. The number of hydrogen-bond donors (Lipinski definition) is 1. The Kier molecular flexibility index (Phi) is 4.82. The van der Waals surface area contributed by atoms with Gasteiger partial charge in [0.15, 0.2) is 11.6 Å². The Balaban J connectivity index is 2.05. The second-order valence-corrected chi connectivity index (χ2v) is 4.99. The van der Waals surface area contributed by atoms with Crippen LogP contribution in [-0.4, -0.2) is 29.2 Å². The minimum Gasteiger partial charge on any atom is -0.396 e. The normalized spacial score (nSPS) is 20.1. The van der Waals surface area contributed by atoms with Gasteiger partial charge in [0, 0.05) is 30.8 Å². The lowest BCUT2D eigenvalue weighted by atomic mass is 10.1. The largest absolute Gasteiger partial charge is 0.396 e. The van der Waals surface area contributed by atoms with Crippen LogP contribution in [0.25, 0.3) is 0 Å². The van der Waals surface area contributed by atoms with Crippen molar-refractivity contribution in [3.63, 3.8) is 0 Å². The summed E-state index contributed by atoms with van der Waals surface area (Å²) in [5.41, 5.74) is 0.190. The van der Waals surface area contributed by atoms with Gasteiger partial charge in [-0.05, 0) is 38.3 Å². The molecule has 0 bridgehead atoms. The summed E-state index contributed by atoms with van der Waals surface area (Å²) in [5, 5.41) is 8.84. The first-order valence-electron chi connectivity index (χ1n) is 6.60. The summed E-state index contributed by atoms with van der Waals surface area (Å²) in [7, 11) is 0. The monoisotopic (exact) mass is 273 g/mol. The van der Waals surface area contributed by atoms with Crippen molar-refractivity contribution in [2.75, 3.05) is 13.2 Å². The van der Waals surface area contributed by atoms with E-state index in [2.05, 4.69) is 4.90 Å². The van der Waals surface area contributed by atoms with E-state index in [4.69, 9.17) is 5.11 Å². The van der Waals surface area contributed by atoms with Gasteiger partial charge in [-0.2, -0.15) is 0 Å². The third kappa shape index (κ3) is 3.48. The highest BCUT2D eigenvalue weighted by molar-refractivity contribution is 5.20. The standard InChI is InChI=1S/C14H18F3NO/c15-12-8-14(17)13(16)7-10(12)9-18-5-1-3-11(18)4-2-6-19/h7-8,11,19H,1-6,9H2. The highest BCUT2D eigenvalue weighted by atomic mass is 19.2. The van der Waals surface area contributed by atoms with Gasteiger partial charge in [-0.15, -0.1) is 0 Å². The molecule has 1 aromatic carbocycles. The highest BCUT2D eigenvalue weighted by Gasteiger charge is 2.25. The van der Waals surface area contributed by atoms with Crippen molar-refractivity contribution >= 4 is 0 Å². The Morgan fingerprint density at radius 1 is 1.16 bits per heavy atom. The maximum Gasteiger partial charge on any atom is 0.161 e. The Bertz CT molecular complexity index is 439. The van der Waals surface area contributed by atoms with Gasteiger partial charge in [0.2, 0.25) is 0 Å². The SMILES string of the molecule is OCCCC1CCCN1Cc1cc(F)c(F)cc1F. The molecule has 106 valence electrons. The molecule has 1 aliphatic rings. The zero-order valence-electron chi connectivity index (χ0n) is 10.7. The summed E-state index contributed by atoms with van der Waals surface area (Å²) in [5.74, 6) is -2.87. The van der Waals surface area contributed by atoms with E-state index in [1.807, 2.05) is 0 Å². The van der Waals surface area contributed by atoms with Gasteiger partial charge in [0.05, 0.1) is 0 Å². The maximum absolute atomic E-state index is 13.6. The molecule has 1 fully saturated rings. The van der Waals surface area contributed by atoms with Gasteiger partial charge in [0.25, 0.3) is 0 Å². The van der Waals surface area contributed by atoms with Gasteiger partial charge < -0.3 is 5.11 Å². The molecule has 2 nitrogen and oxygen atoms in total. The average molecular weight is 273 g/mol. The van der Waals surface area contributed by atoms with E-state index in [9.17, 15) is 13.2 Å². The van der Waals surface area contributed by atoms with Crippen LogP contribution in [0.4, 0.5) is 13.2 Å². The highest BCUT2D eigenvalue weighted by Crippen LogP contribution is 2.25. The van der Waals surface area contributed by atoms with E-state index in [0.29, 0.717) is 25.1 Å². The minimum absolute atomic E-state index is 0.143. The first kappa shape index (κ1) is 14.3. The molecule has 1 aromatic rings. The Hall–Kier alpha value is -1.07. The van der Waals surface area contributed by atoms with Crippen molar-refractivity contribution in [1.29, 1.82) is 0 Å². The van der Waals surface area contributed by atoms with E-state index >= 15 is 0 Å². The van der Waals surface area contributed by atoms with Crippen molar-refractivity contribution in [2.45, 2.75) is 38.3 Å². The van der Waals surface area contributed by atoms with Gasteiger partial charge in [-0.3, -0.25) is 4.90 Å². The second kappa shape index (κ2) is 6.39. The molecule has 0 amide bonds. The fraction of sp³-hybridized carbons (Fsp3) is 0.571. The van der Waals surface area contributed by atoms with Crippen molar-refractivity contribution in [2.24, 2.45) is 0 Å². The third-order valence-corrected chi connectivity index (χ3v) is 3.66. The van der Waals surface area contributed by atoms with Gasteiger partial charge >= 0.3 is 0 Å². The lowest BCUT2D eigenvalue weighted by molar-refractivity contribution is 0.208. The summed E-state index contributed by atoms with van der Waals surface area (Å²) in [6.45, 7) is 1.26. The zero-order chi connectivity index (χ0) is 13.8. The van der Waals surface area contributed by atoms with Crippen molar-refractivity contribution in [1.82, 2.24) is 4.90 Å². The quantitative estimate of drug-likeness (QED) is 0.834. The number of rotatable bonds is 5. The Morgan fingerprint density at radius 3 is 2.63 bits per heavy atom. The predicted octanol–water partition coefficient (Wildman–Crippen LogP) is 2.84. The van der Waals surface area contributed by atoms with Crippen LogP contribution in [0, 0.1) is 17.5 Å². The van der Waals surface area contributed by atoms with Crippen LogP contribution >= 0.6 is 0 Å². The van der Waals surface area contributed by atoms with E-state index in [0.717, 1.165) is 31.9 Å². The zero-order valence-corrected chi connectivity index (χ0v) is 10.7. The number of aliphatic hydroxyl groups is 1. The molecule has 1 N–H and O–H groups in total. The molecule has 1 atom stereocenters. The van der Waals surface area contributed by atoms with Gasteiger partial charge in [0.1, 0.15) is 5.82 Å². The summed E-state index contributed by atoms with van der Waals surface area (Å²) >= 11 is 0. The Labute approximate surface area is 110 Å². The first-order chi connectivity index (χ1) is 9.11. The predicted molar refractivity (Wildman–Crippen MR) is 66.1 cm³/mol. The first-order valence-corrected chi connectivity index (χ1v) is 6.60. The molecule has 0 radical (unpaired) electrons. The van der Waals surface area contributed by atoms with Crippen molar-refractivity contribution in [3.05, 3.63) is 35.1 Å². The molecular weight excluding hydrogens is 255 g/mol. The van der Waals surface area contributed by atoms with Crippen LogP contribution in [-0.2, 0) is 6.54 Å². The molecule has 2 rings (SSSR count). The summed E-state index contributed by atoms with van der Waals surface area (Å²) in [4.78, 5) is 2.07. The lowest BCUT2D eigenvalue weighted by Crippen LogP contribution is -2.29. The number of aliphatic hydroxyl groups excluding tert-OH is 1. The Morgan fingerprint density at radius 2 is 1.89 bits per heavy atom. The van der Waals surface area contributed by atoms with E-state index in [-0.39, 0.29) is 12.2 Å². The summed E-state index contributed by atoms with van der Waals surface area (Å²) in [6.07, 6.45) is 3.58. The number of halogens is 3. The molecule has 1 heterocycles. The van der Waals surface area contributed by atoms with Crippen LogP contribution in [0.5, 0.6) is 0 Å². The number of nitrogens with zero attached hydrogens (tertiary/aromatic N) is 1. The topological polar surface area (TPSA) is 23.5 Å². The van der Waals surface area contributed by atoms with E-state index in [1.165, 1.54) is 0 Å². The third-order valence-electron chi connectivity index (χ3n) is 3.66. The van der Waals surface area contributed by atoms with Crippen LogP contribution in [0.15, 0.2) is 12.1 Å². The summed E-state index contributed by atoms with van der Waals surface area (Å²) < 4.78 is 39.6. The average Bonchev–Trinajstić information content (AvgIpc) is 2.81. The van der Waals surface area contributed by atoms with Crippen LogP contribution in [0.2, 0.25) is 0 Å². The van der Waals surface area contributed by atoms with Crippen LogP contribution in [0.1, 0.15) is 31.2 Å². The van der Waals surface area contributed by atoms with E-state index in [1.54, 1.807) is 0 Å². The molecule has 0 spiro atoms. The molecule has 5 heteroatoms. The minimum atomic E-state index is -1.15.